The molecule has 2 fully saturated rings. The van der Waals surface area contributed by atoms with Crippen molar-refractivity contribution in [2.24, 2.45) is 0 Å². The van der Waals surface area contributed by atoms with E-state index in [1.807, 2.05) is 18.2 Å². The Kier molecular flexibility index (Phi) is 5.68. The minimum atomic E-state index is -0.748. The lowest BCUT2D eigenvalue weighted by Crippen LogP contribution is -2.11. The minimum Gasteiger partial charge on any atom is -0.493 e. The third-order valence-corrected chi connectivity index (χ3v) is 5.34. The minimum absolute atomic E-state index is 0.0121. The molecule has 1 aromatic heterocycles. The predicted octanol–water partition coefficient (Wildman–Crippen LogP) is 3.08. The first-order valence-electron chi connectivity index (χ1n) is 9.74. The van der Waals surface area contributed by atoms with E-state index in [0.29, 0.717) is 36.1 Å². The molecule has 8 heteroatoms. The molecule has 0 radical (unpaired) electrons. The summed E-state index contributed by atoms with van der Waals surface area (Å²) in [6, 6.07) is 7.52. The standard InChI is InChI=1S/C20H25BN2O5/c1-25-17-8-7-13(9-18(17)28-15-5-3-4-6-15)20-22-16(10-19(23-20)26-2)14-11-21(24)27-12-14/h7-10,14-15,24H,3-6,11-12H2,1-2H3/t14-/m1/s1. The molecule has 1 atom stereocenters. The average molecular weight is 384 g/mol. The smallest absolute Gasteiger partial charge is 0.454 e. The van der Waals surface area contributed by atoms with Crippen LogP contribution in [0.1, 0.15) is 37.3 Å². The van der Waals surface area contributed by atoms with Gasteiger partial charge in [-0.3, -0.25) is 0 Å². The van der Waals surface area contributed by atoms with E-state index in [4.69, 9.17) is 23.8 Å². The highest BCUT2D eigenvalue weighted by molar-refractivity contribution is 6.43. The topological polar surface area (TPSA) is 82.9 Å². The zero-order valence-electron chi connectivity index (χ0n) is 16.3. The molecule has 2 aliphatic rings. The molecular weight excluding hydrogens is 359 g/mol. The molecule has 28 heavy (non-hydrogen) atoms. The van der Waals surface area contributed by atoms with Gasteiger partial charge in [-0.2, -0.15) is 4.98 Å². The number of methoxy groups -OCH3 is 2. The van der Waals surface area contributed by atoms with E-state index in [0.717, 1.165) is 24.1 Å². The fourth-order valence-electron chi connectivity index (χ4n) is 3.79. The zero-order valence-corrected chi connectivity index (χ0v) is 16.3. The molecule has 0 unspecified atom stereocenters. The van der Waals surface area contributed by atoms with Gasteiger partial charge in [-0.05, 0) is 50.2 Å². The Morgan fingerprint density at radius 1 is 1.07 bits per heavy atom. The van der Waals surface area contributed by atoms with E-state index in [2.05, 4.69) is 4.98 Å². The number of hydrogen-bond donors (Lipinski definition) is 1. The molecule has 0 spiro atoms. The maximum atomic E-state index is 9.68. The van der Waals surface area contributed by atoms with Crippen molar-refractivity contribution in [1.29, 1.82) is 0 Å². The van der Waals surface area contributed by atoms with Gasteiger partial charge < -0.3 is 23.9 Å². The molecule has 2 aromatic rings. The molecule has 1 saturated heterocycles. The molecule has 1 aliphatic carbocycles. The van der Waals surface area contributed by atoms with Gasteiger partial charge in [-0.25, -0.2) is 4.98 Å². The van der Waals surface area contributed by atoms with Crippen LogP contribution in [0.2, 0.25) is 6.32 Å². The van der Waals surface area contributed by atoms with Gasteiger partial charge in [0.05, 0.1) is 26.0 Å². The Bertz CT molecular complexity index is 828. The molecule has 0 amide bonds. The molecule has 4 rings (SSSR count). The molecule has 1 aliphatic heterocycles. The van der Waals surface area contributed by atoms with E-state index in [9.17, 15) is 5.02 Å². The van der Waals surface area contributed by atoms with Crippen molar-refractivity contribution in [3.05, 3.63) is 30.0 Å². The van der Waals surface area contributed by atoms with Crippen molar-refractivity contribution < 1.29 is 23.9 Å². The van der Waals surface area contributed by atoms with E-state index < -0.39 is 7.12 Å². The van der Waals surface area contributed by atoms with Gasteiger partial charge in [0.15, 0.2) is 17.3 Å². The van der Waals surface area contributed by atoms with Crippen LogP contribution in [0.25, 0.3) is 11.4 Å². The fraction of sp³-hybridized carbons (Fsp3) is 0.500. The van der Waals surface area contributed by atoms with Gasteiger partial charge in [-0.15, -0.1) is 0 Å². The van der Waals surface area contributed by atoms with Crippen LogP contribution >= 0.6 is 0 Å². The quantitative estimate of drug-likeness (QED) is 0.767. The Morgan fingerprint density at radius 3 is 2.57 bits per heavy atom. The van der Waals surface area contributed by atoms with Crippen LogP contribution in [0.15, 0.2) is 24.3 Å². The Balaban J connectivity index is 1.67. The number of benzene rings is 1. The van der Waals surface area contributed by atoms with Crippen LogP contribution in [0.3, 0.4) is 0 Å². The van der Waals surface area contributed by atoms with Crippen molar-refractivity contribution in [3.63, 3.8) is 0 Å². The molecule has 1 aromatic carbocycles. The summed E-state index contributed by atoms with van der Waals surface area (Å²) in [6.07, 6.45) is 5.27. The molecule has 0 bridgehead atoms. The van der Waals surface area contributed by atoms with Crippen LogP contribution in [-0.2, 0) is 4.65 Å². The fourth-order valence-corrected chi connectivity index (χ4v) is 3.79. The third kappa shape index (κ3) is 4.08. The van der Waals surface area contributed by atoms with E-state index >= 15 is 0 Å². The van der Waals surface area contributed by atoms with Gasteiger partial charge in [0.2, 0.25) is 5.88 Å². The second-order valence-corrected chi connectivity index (χ2v) is 7.27. The summed E-state index contributed by atoms with van der Waals surface area (Å²) in [7, 11) is 2.47. The Hall–Kier alpha value is -2.32. The monoisotopic (exact) mass is 384 g/mol. The predicted molar refractivity (Wildman–Crippen MR) is 105 cm³/mol. The summed E-state index contributed by atoms with van der Waals surface area (Å²) in [5.41, 5.74) is 1.63. The normalized spacial score (nSPS) is 19.8. The van der Waals surface area contributed by atoms with E-state index in [1.165, 1.54) is 12.8 Å². The van der Waals surface area contributed by atoms with E-state index in [1.54, 1.807) is 20.3 Å². The second-order valence-electron chi connectivity index (χ2n) is 7.27. The van der Waals surface area contributed by atoms with Crippen LogP contribution in [-0.4, -0.2) is 49.0 Å². The van der Waals surface area contributed by atoms with Crippen LogP contribution in [0.4, 0.5) is 0 Å². The zero-order chi connectivity index (χ0) is 19.5. The number of aromatic nitrogens is 2. The number of ether oxygens (including phenoxy) is 3. The highest BCUT2D eigenvalue weighted by atomic mass is 16.5. The van der Waals surface area contributed by atoms with Crippen molar-refractivity contribution in [1.82, 2.24) is 9.97 Å². The van der Waals surface area contributed by atoms with Gasteiger partial charge in [-0.1, -0.05) is 0 Å². The van der Waals surface area contributed by atoms with Crippen molar-refractivity contribution in [3.8, 4) is 28.8 Å². The van der Waals surface area contributed by atoms with E-state index in [-0.39, 0.29) is 12.0 Å². The van der Waals surface area contributed by atoms with Crippen molar-refractivity contribution in [2.45, 2.75) is 44.0 Å². The van der Waals surface area contributed by atoms with Gasteiger partial charge in [0.1, 0.15) is 0 Å². The molecule has 7 nitrogen and oxygen atoms in total. The number of nitrogens with zero attached hydrogens (tertiary/aromatic N) is 2. The summed E-state index contributed by atoms with van der Waals surface area (Å²) in [5, 5.41) is 9.68. The first-order valence-corrected chi connectivity index (χ1v) is 9.74. The SMILES string of the molecule is COc1cc([C@H]2COB(O)C2)nc(-c2ccc(OC)c(OC3CCCC3)c2)n1. The molecule has 1 saturated carbocycles. The number of rotatable bonds is 6. The second kappa shape index (κ2) is 8.37. The summed E-state index contributed by atoms with van der Waals surface area (Å²) in [4.78, 5) is 9.23. The summed E-state index contributed by atoms with van der Waals surface area (Å²) >= 11 is 0. The highest BCUT2D eigenvalue weighted by Gasteiger charge is 2.31. The van der Waals surface area contributed by atoms with Gasteiger partial charge in [0.25, 0.3) is 0 Å². The van der Waals surface area contributed by atoms with Crippen molar-refractivity contribution in [2.75, 3.05) is 20.8 Å². The highest BCUT2D eigenvalue weighted by Crippen LogP contribution is 2.36. The first-order chi connectivity index (χ1) is 13.7. The first kappa shape index (κ1) is 19.0. The van der Waals surface area contributed by atoms with Crippen LogP contribution < -0.4 is 14.2 Å². The number of hydrogen-bond acceptors (Lipinski definition) is 7. The lowest BCUT2D eigenvalue weighted by atomic mass is 9.81. The largest absolute Gasteiger partial charge is 0.493 e. The lowest BCUT2D eigenvalue weighted by molar-refractivity contribution is 0.201. The van der Waals surface area contributed by atoms with Crippen LogP contribution in [0, 0.1) is 0 Å². The lowest BCUT2D eigenvalue weighted by Gasteiger charge is -2.17. The molecule has 148 valence electrons. The van der Waals surface area contributed by atoms with Gasteiger partial charge >= 0.3 is 7.12 Å². The van der Waals surface area contributed by atoms with Crippen LogP contribution in [0.5, 0.6) is 17.4 Å². The summed E-state index contributed by atoms with van der Waals surface area (Å²) in [5.74, 6) is 2.45. The summed E-state index contributed by atoms with van der Waals surface area (Å²) < 4.78 is 22.3. The molecular formula is C20H25BN2O5. The molecule has 2 heterocycles. The van der Waals surface area contributed by atoms with Gasteiger partial charge in [0, 0.05) is 24.2 Å². The Labute approximate surface area is 165 Å². The maximum Gasteiger partial charge on any atom is 0.454 e. The maximum absolute atomic E-state index is 9.68. The van der Waals surface area contributed by atoms with Crippen molar-refractivity contribution >= 4 is 7.12 Å². The summed E-state index contributed by atoms with van der Waals surface area (Å²) in [6.45, 7) is 0.430. The Morgan fingerprint density at radius 2 is 1.89 bits per heavy atom. The average Bonchev–Trinajstić information content (AvgIpc) is 3.39. The molecule has 1 N–H and O–H groups in total. The third-order valence-electron chi connectivity index (χ3n) is 5.34.